The van der Waals surface area contributed by atoms with Crippen molar-refractivity contribution in [3.63, 3.8) is 0 Å². The minimum Gasteiger partial charge on any atom is -0.501 e. The molecule has 3 aromatic heterocycles. The molecule has 0 fully saturated rings. The molecule has 0 spiro atoms. The van der Waals surface area contributed by atoms with E-state index in [2.05, 4.69) is 61.9 Å². The van der Waals surface area contributed by atoms with Crippen LogP contribution in [0.25, 0.3) is 77.5 Å². The van der Waals surface area contributed by atoms with E-state index in [0.29, 0.717) is 45.2 Å². The second-order valence-corrected chi connectivity index (χ2v) is 20.3. The molecule has 3 nitrogen and oxygen atoms in total. The Labute approximate surface area is 357 Å². The number of hydrogen-bond donors (Lipinski definition) is 0. The number of rotatable bonds is 5. The van der Waals surface area contributed by atoms with Gasteiger partial charge in [-0.3, -0.25) is 0 Å². The van der Waals surface area contributed by atoms with Crippen LogP contribution in [0.1, 0.15) is 36.4 Å². The number of benzene rings is 6. The number of pyridine rings is 2. The predicted octanol–water partition coefficient (Wildman–Crippen LogP) is 13.2. The van der Waals surface area contributed by atoms with Crippen LogP contribution < -0.4 is 5.19 Å². The van der Waals surface area contributed by atoms with Gasteiger partial charge in [-0.1, -0.05) is 176 Å². The van der Waals surface area contributed by atoms with E-state index in [1.54, 1.807) is 0 Å². The molecule has 0 saturated carbocycles. The minimum absolute atomic E-state index is 0. The Morgan fingerprint density at radius 1 is 0.667 bits per heavy atom. The quantitative estimate of drug-likeness (QED) is 0.127. The number of hydrogen-bond acceptors (Lipinski definition) is 3. The summed E-state index contributed by atoms with van der Waals surface area (Å²) < 4.78 is 50.2. The van der Waals surface area contributed by atoms with Gasteiger partial charge in [0.1, 0.15) is 5.58 Å². The number of aryl methyl sites for hydroxylation is 1. The van der Waals surface area contributed by atoms with E-state index < -0.39 is 20.8 Å². The van der Waals surface area contributed by atoms with Crippen LogP contribution in [-0.4, -0.2) is 18.0 Å². The molecule has 1 aliphatic carbocycles. The van der Waals surface area contributed by atoms with Crippen LogP contribution in [-0.2, 0) is 32.9 Å². The summed E-state index contributed by atoms with van der Waals surface area (Å²) in [5.41, 5.74) is 9.62. The summed E-state index contributed by atoms with van der Waals surface area (Å²) in [5.74, 6) is 0. The Balaban J connectivity index is 0.000000168. The molecule has 0 saturated heterocycles. The van der Waals surface area contributed by atoms with Crippen LogP contribution in [0.2, 0.25) is 19.6 Å². The normalized spacial score (nSPS) is 15.5. The van der Waals surface area contributed by atoms with E-state index in [-0.39, 0.29) is 32.9 Å². The van der Waals surface area contributed by atoms with Crippen molar-refractivity contribution in [3.05, 3.63) is 175 Å². The fourth-order valence-corrected chi connectivity index (χ4v) is 9.38. The summed E-state index contributed by atoms with van der Waals surface area (Å²) in [7, 11) is -1.54. The fraction of sp³-hybridized carbons (Fsp3) is 0.154. The maximum atomic E-state index is 8.79. The maximum absolute atomic E-state index is 8.79. The SMILES string of the molecule is [2H]C1([2H])CCC([2H])([2H])c2c(-c3ccccc3)c[c-]c(-c3cc(C)c([Si](C)(C)C)cn3)c21.[2H]c1c(-c2ccccc2)ccc2c1oc1c(-c3cc4ccccc4cn3)[c-]ccc12.[Ir]. The molecule has 6 aromatic carbocycles. The van der Waals surface area contributed by atoms with E-state index in [4.69, 9.17) is 16.3 Å². The van der Waals surface area contributed by atoms with Gasteiger partial charge in [0, 0.05) is 43.4 Å². The van der Waals surface area contributed by atoms with Gasteiger partial charge >= 0.3 is 0 Å². The molecule has 0 N–H and O–H groups in total. The predicted molar refractivity (Wildman–Crippen MR) is 237 cm³/mol. The van der Waals surface area contributed by atoms with E-state index >= 15 is 0 Å². The van der Waals surface area contributed by atoms with E-state index in [1.165, 1.54) is 5.19 Å². The molecule has 3 heterocycles. The Morgan fingerprint density at radius 2 is 1.33 bits per heavy atom. The molecule has 57 heavy (non-hydrogen) atoms. The van der Waals surface area contributed by atoms with Crippen LogP contribution in [0.15, 0.2) is 150 Å². The molecule has 1 aliphatic rings. The van der Waals surface area contributed by atoms with Crippen molar-refractivity contribution in [2.75, 3.05) is 0 Å². The second-order valence-electron chi connectivity index (χ2n) is 15.3. The molecule has 0 amide bonds. The first-order valence-corrected chi connectivity index (χ1v) is 22.6. The summed E-state index contributed by atoms with van der Waals surface area (Å²) in [6, 6.07) is 48.6. The van der Waals surface area contributed by atoms with Gasteiger partial charge in [0.05, 0.1) is 15.0 Å². The largest absolute Gasteiger partial charge is 0.501 e. The molecule has 0 aliphatic heterocycles. The molecular weight excluding hydrogens is 889 g/mol. The van der Waals surface area contributed by atoms with Crippen molar-refractivity contribution in [3.8, 4) is 44.8 Å². The van der Waals surface area contributed by atoms with Crippen molar-refractivity contribution in [2.45, 2.75) is 52.2 Å². The van der Waals surface area contributed by atoms with Gasteiger partial charge in [0.25, 0.3) is 0 Å². The van der Waals surface area contributed by atoms with Crippen LogP contribution in [0, 0.1) is 19.1 Å². The summed E-state index contributed by atoms with van der Waals surface area (Å²) in [6.45, 7) is 8.93. The van der Waals surface area contributed by atoms with Gasteiger partial charge in [-0.05, 0) is 57.8 Å². The third kappa shape index (κ3) is 7.68. The topological polar surface area (TPSA) is 38.9 Å². The maximum Gasteiger partial charge on any atom is 0.121 e. The first-order valence-electron chi connectivity index (χ1n) is 21.6. The molecule has 5 heteroatoms. The van der Waals surface area contributed by atoms with Gasteiger partial charge in [0.2, 0.25) is 0 Å². The van der Waals surface area contributed by atoms with E-state index in [1.807, 2.05) is 122 Å². The van der Waals surface area contributed by atoms with Crippen molar-refractivity contribution in [2.24, 2.45) is 0 Å². The Hall–Kier alpha value is -5.45. The summed E-state index contributed by atoms with van der Waals surface area (Å²) in [4.78, 5) is 9.36. The Kier molecular flexibility index (Phi) is 9.26. The van der Waals surface area contributed by atoms with Crippen molar-refractivity contribution in [1.29, 1.82) is 0 Å². The molecule has 10 rings (SSSR count). The van der Waals surface area contributed by atoms with Crippen molar-refractivity contribution in [1.82, 2.24) is 9.97 Å². The third-order valence-electron chi connectivity index (χ3n) is 10.4. The molecule has 0 atom stereocenters. The van der Waals surface area contributed by atoms with Crippen LogP contribution in [0.3, 0.4) is 0 Å². The number of nitrogens with zero attached hydrogens (tertiary/aromatic N) is 2. The standard InChI is InChI=1S/C27H16NO.C25H28NSi.Ir/c1-2-7-18(8-3-1)20-13-14-22-23-11-6-12-24(27(23)29-26(22)16-20)25-15-19-9-4-5-10-21(19)17-28-25;1-18-16-24(26-17-25(18)27(2,3)4)23-15-14-20(19-10-6-5-7-11-19)21-12-8-9-13-22(21)23;/h1-11,13-17H;5-7,10-11,14,16-17H,8-9,12-13H2,1-4H3;/q2*-1;/i16D;12D2,13D2;. The summed E-state index contributed by atoms with van der Waals surface area (Å²) >= 11 is 0. The van der Waals surface area contributed by atoms with Crippen LogP contribution in [0.5, 0.6) is 0 Å². The van der Waals surface area contributed by atoms with Crippen molar-refractivity contribution >= 4 is 46.0 Å². The summed E-state index contributed by atoms with van der Waals surface area (Å²) in [6.07, 6.45) is 0.821. The van der Waals surface area contributed by atoms with Gasteiger partial charge in [-0.2, -0.15) is 0 Å². The number of furan rings is 1. The third-order valence-corrected chi connectivity index (χ3v) is 12.6. The average Bonchev–Trinajstić information content (AvgIpc) is 3.65. The molecular formula is C52H44IrN2OSi-2. The first kappa shape index (κ1) is 32.6. The second kappa shape index (κ2) is 16.2. The van der Waals surface area contributed by atoms with Crippen LogP contribution in [0.4, 0.5) is 0 Å². The van der Waals surface area contributed by atoms with Gasteiger partial charge in [-0.25, -0.2) is 0 Å². The van der Waals surface area contributed by atoms with E-state index in [9.17, 15) is 0 Å². The fourth-order valence-electron chi connectivity index (χ4n) is 7.68. The van der Waals surface area contributed by atoms with Crippen LogP contribution >= 0.6 is 0 Å². The van der Waals surface area contributed by atoms with Gasteiger partial charge < -0.3 is 14.4 Å². The molecule has 0 unspecified atom stereocenters. The molecule has 9 aromatic rings. The zero-order valence-corrected chi connectivity index (χ0v) is 35.7. The minimum atomic E-state index is -1.65. The Morgan fingerprint density at radius 3 is 2.07 bits per heavy atom. The smallest absolute Gasteiger partial charge is 0.121 e. The zero-order valence-electron chi connectivity index (χ0n) is 37.3. The molecule has 283 valence electrons. The monoisotopic (exact) mass is 938 g/mol. The average molecular weight is 938 g/mol. The van der Waals surface area contributed by atoms with E-state index in [0.717, 1.165) is 55.1 Å². The van der Waals surface area contributed by atoms with Gasteiger partial charge in [0.15, 0.2) is 0 Å². The molecule has 0 bridgehead atoms. The van der Waals surface area contributed by atoms with Crippen molar-refractivity contribution < 1.29 is 31.4 Å². The number of fused-ring (bicyclic) bond motifs is 5. The summed E-state index contributed by atoms with van der Waals surface area (Å²) in [5, 5.41) is 5.41. The zero-order chi connectivity index (χ0) is 42.7. The molecule has 1 radical (unpaired) electrons. The van der Waals surface area contributed by atoms with Gasteiger partial charge in [-0.15, -0.1) is 47.0 Å². The number of aromatic nitrogens is 2. The Bertz CT molecular complexity index is 3110. The first-order chi connectivity index (χ1) is 29.2.